The van der Waals surface area contributed by atoms with Crippen molar-refractivity contribution in [3.63, 3.8) is 0 Å². The molecule has 0 saturated heterocycles. The average Bonchev–Trinajstić information content (AvgIpc) is 3.09. The number of nitrogens with one attached hydrogen (secondary N) is 2. The molecular weight excluding hydrogens is 319 g/mol. The largest absolute Gasteiger partial charge is 0.417 e. The van der Waals surface area contributed by atoms with Gasteiger partial charge in [-0.25, -0.2) is 0 Å². The maximum absolute atomic E-state index is 13.0. The van der Waals surface area contributed by atoms with E-state index in [1.165, 1.54) is 12.1 Å². The van der Waals surface area contributed by atoms with Crippen molar-refractivity contribution in [3.8, 4) is 11.3 Å². The fourth-order valence-corrected chi connectivity index (χ4v) is 2.28. The van der Waals surface area contributed by atoms with Crippen molar-refractivity contribution in [2.75, 3.05) is 5.32 Å². The summed E-state index contributed by atoms with van der Waals surface area (Å²) in [6.45, 7) is 0. The van der Waals surface area contributed by atoms with E-state index in [-0.39, 0.29) is 0 Å². The highest BCUT2D eigenvalue weighted by Gasteiger charge is 2.34. The van der Waals surface area contributed by atoms with Crippen molar-refractivity contribution in [1.82, 2.24) is 10.2 Å². The van der Waals surface area contributed by atoms with Gasteiger partial charge >= 0.3 is 6.18 Å². The fourth-order valence-electron chi connectivity index (χ4n) is 2.28. The minimum absolute atomic E-state index is 0.403. The second kappa shape index (κ2) is 6.19. The molecule has 7 heteroatoms. The molecule has 1 amide bonds. The van der Waals surface area contributed by atoms with Crippen molar-refractivity contribution in [1.29, 1.82) is 0 Å². The van der Waals surface area contributed by atoms with Crippen LogP contribution in [0.5, 0.6) is 0 Å². The summed E-state index contributed by atoms with van der Waals surface area (Å²) < 4.78 is 38.9. The Morgan fingerprint density at radius 1 is 1.00 bits per heavy atom. The van der Waals surface area contributed by atoms with E-state index in [0.717, 1.165) is 23.4 Å². The van der Waals surface area contributed by atoms with Gasteiger partial charge in [-0.3, -0.25) is 9.89 Å². The van der Waals surface area contributed by atoms with Crippen LogP contribution >= 0.6 is 0 Å². The SMILES string of the molecule is O=C(Nc1ccc(-c2ccn[nH]2)cc1)c1ccccc1C(F)(F)F. The second-order valence-corrected chi connectivity index (χ2v) is 5.05. The predicted molar refractivity (Wildman–Crippen MR) is 83.4 cm³/mol. The zero-order valence-electron chi connectivity index (χ0n) is 12.3. The Morgan fingerprint density at radius 2 is 1.71 bits per heavy atom. The minimum atomic E-state index is -4.58. The molecule has 3 rings (SSSR count). The molecule has 0 aliphatic carbocycles. The van der Waals surface area contributed by atoms with E-state index in [1.54, 1.807) is 36.5 Å². The quantitative estimate of drug-likeness (QED) is 0.750. The third kappa shape index (κ3) is 3.29. The van der Waals surface area contributed by atoms with Gasteiger partial charge < -0.3 is 5.32 Å². The van der Waals surface area contributed by atoms with Crippen molar-refractivity contribution < 1.29 is 18.0 Å². The molecule has 0 bridgehead atoms. The second-order valence-electron chi connectivity index (χ2n) is 5.05. The van der Waals surface area contributed by atoms with Crippen LogP contribution < -0.4 is 5.32 Å². The number of amides is 1. The number of aromatic nitrogens is 2. The summed E-state index contributed by atoms with van der Waals surface area (Å²) in [4.78, 5) is 12.2. The van der Waals surface area contributed by atoms with Gasteiger partial charge in [0.1, 0.15) is 0 Å². The Morgan fingerprint density at radius 3 is 2.33 bits per heavy atom. The molecule has 2 N–H and O–H groups in total. The number of aromatic amines is 1. The van der Waals surface area contributed by atoms with Crippen LogP contribution in [0.15, 0.2) is 60.8 Å². The van der Waals surface area contributed by atoms with E-state index < -0.39 is 23.2 Å². The van der Waals surface area contributed by atoms with Crippen molar-refractivity contribution >= 4 is 11.6 Å². The molecule has 0 atom stereocenters. The summed E-state index contributed by atoms with van der Waals surface area (Å²) >= 11 is 0. The molecule has 1 heterocycles. The molecule has 0 saturated carbocycles. The Bertz CT molecular complexity index is 840. The lowest BCUT2D eigenvalue weighted by molar-refractivity contribution is -0.137. The number of alkyl halides is 3. The smallest absolute Gasteiger partial charge is 0.322 e. The number of nitrogens with zero attached hydrogens (tertiary/aromatic N) is 1. The van der Waals surface area contributed by atoms with Crippen LogP contribution in [0, 0.1) is 0 Å². The highest BCUT2D eigenvalue weighted by atomic mass is 19.4. The lowest BCUT2D eigenvalue weighted by atomic mass is 10.1. The highest BCUT2D eigenvalue weighted by molar-refractivity contribution is 6.05. The summed E-state index contributed by atoms with van der Waals surface area (Å²) in [6.07, 6.45) is -2.97. The van der Waals surface area contributed by atoms with E-state index in [0.29, 0.717) is 5.69 Å². The third-order valence-electron chi connectivity index (χ3n) is 3.43. The molecule has 122 valence electrons. The van der Waals surface area contributed by atoms with Gasteiger partial charge in [0.05, 0.1) is 16.8 Å². The van der Waals surface area contributed by atoms with Gasteiger partial charge in [-0.05, 0) is 35.9 Å². The van der Waals surface area contributed by atoms with Crippen LogP contribution in [0.25, 0.3) is 11.3 Å². The Labute approximate surface area is 135 Å². The van der Waals surface area contributed by atoms with Crippen molar-refractivity contribution in [3.05, 3.63) is 71.9 Å². The first-order valence-corrected chi connectivity index (χ1v) is 7.02. The standard InChI is InChI=1S/C17H12F3N3O/c18-17(19,20)14-4-2-1-3-13(14)16(24)22-12-7-5-11(6-8-12)15-9-10-21-23-15/h1-10H,(H,21,23)(H,22,24). The lowest BCUT2D eigenvalue weighted by Gasteiger charge is -2.12. The van der Waals surface area contributed by atoms with Crippen LogP contribution in [-0.2, 0) is 6.18 Å². The third-order valence-corrected chi connectivity index (χ3v) is 3.43. The van der Waals surface area contributed by atoms with Gasteiger partial charge in [-0.1, -0.05) is 24.3 Å². The number of carbonyl (C=O) groups is 1. The van der Waals surface area contributed by atoms with Gasteiger partial charge in [-0.15, -0.1) is 0 Å². The number of hydrogen-bond donors (Lipinski definition) is 2. The maximum atomic E-state index is 13.0. The normalized spacial score (nSPS) is 11.3. The topological polar surface area (TPSA) is 57.8 Å². The Balaban J connectivity index is 1.81. The monoisotopic (exact) mass is 331 g/mol. The van der Waals surface area contributed by atoms with E-state index in [9.17, 15) is 18.0 Å². The number of hydrogen-bond acceptors (Lipinski definition) is 2. The number of rotatable bonds is 3. The van der Waals surface area contributed by atoms with E-state index in [2.05, 4.69) is 15.5 Å². The van der Waals surface area contributed by atoms with Crippen LogP contribution in [0.2, 0.25) is 0 Å². The summed E-state index contributed by atoms with van der Waals surface area (Å²) in [7, 11) is 0. The average molecular weight is 331 g/mol. The van der Waals surface area contributed by atoms with E-state index in [1.807, 2.05) is 0 Å². The number of H-pyrrole nitrogens is 1. The molecule has 24 heavy (non-hydrogen) atoms. The van der Waals surface area contributed by atoms with Crippen LogP contribution in [-0.4, -0.2) is 16.1 Å². The summed E-state index contributed by atoms with van der Waals surface area (Å²) in [5.41, 5.74) is 0.677. The maximum Gasteiger partial charge on any atom is 0.417 e. The molecule has 0 aliphatic heterocycles. The number of carbonyl (C=O) groups excluding carboxylic acids is 1. The van der Waals surface area contributed by atoms with Gasteiger partial charge in [0.15, 0.2) is 0 Å². The molecule has 3 aromatic rings. The molecular formula is C17H12F3N3O. The fraction of sp³-hybridized carbons (Fsp3) is 0.0588. The molecule has 0 unspecified atom stereocenters. The Hall–Kier alpha value is -3.09. The van der Waals surface area contributed by atoms with Gasteiger partial charge in [0.25, 0.3) is 5.91 Å². The van der Waals surface area contributed by atoms with Crippen LogP contribution in [0.3, 0.4) is 0 Å². The lowest BCUT2D eigenvalue weighted by Crippen LogP contribution is -2.18. The van der Waals surface area contributed by atoms with Crippen LogP contribution in [0.4, 0.5) is 18.9 Å². The van der Waals surface area contributed by atoms with E-state index in [4.69, 9.17) is 0 Å². The summed E-state index contributed by atoms with van der Waals surface area (Å²) in [6, 6.07) is 13.2. The summed E-state index contributed by atoms with van der Waals surface area (Å²) in [5.74, 6) is -0.808. The van der Waals surface area contributed by atoms with Gasteiger partial charge in [-0.2, -0.15) is 18.3 Å². The molecule has 0 aliphatic rings. The first-order chi connectivity index (χ1) is 11.4. The van der Waals surface area contributed by atoms with E-state index >= 15 is 0 Å². The minimum Gasteiger partial charge on any atom is -0.322 e. The predicted octanol–water partition coefficient (Wildman–Crippen LogP) is 4.35. The molecule has 0 spiro atoms. The number of halogens is 3. The van der Waals surface area contributed by atoms with Gasteiger partial charge in [0.2, 0.25) is 0 Å². The first-order valence-electron chi connectivity index (χ1n) is 7.02. The molecule has 2 aromatic carbocycles. The molecule has 0 radical (unpaired) electrons. The molecule has 4 nitrogen and oxygen atoms in total. The first kappa shape index (κ1) is 15.8. The van der Waals surface area contributed by atoms with Crippen molar-refractivity contribution in [2.24, 2.45) is 0 Å². The zero-order valence-corrected chi connectivity index (χ0v) is 12.3. The number of anilines is 1. The highest BCUT2D eigenvalue weighted by Crippen LogP contribution is 2.32. The van der Waals surface area contributed by atoms with Gasteiger partial charge in [0, 0.05) is 11.9 Å². The summed E-state index contributed by atoms with van der Waals surface area (Å²) in [5, 5.41) is 9.12. The Kier molecular flexibility index (Phi) is 4.07. The molecule has 1 aromatic heterocycles. The number of benzene rings is 2. The molecule has 0 fully saturated rings. The van der Waals surface area contributed by atoms with Crippen LogP contribution in [0.1, 0.15) is 15.9 Å². The zero-order chi connectivity index (χ0) is 17.2. The van der Waals surface area contributed by atoms with Crippen molar-refractivity contribution in [2.45, 2.75) is 6.18 Å².